The molecule has 2 aromatic rings. The highest BCUT2D eigenvalue weighted by Gasteiger charge is 2.43. The van der Waals surface area contributed by atoms with E-state index >= 15 is 0 Å². The van der Waals surface area contributed by atoms with E-state index in [9.17, 15) is 14.2 Å². The third-order valence-corrected chi connectivity index (χ3v) is 6.99. The summed E-state index contributed by atoms with van der Waals surface area (Å²) in [5, 5.41) is 0. The normalized spacial score (nSPS) is 14.9. The molecule has 0 aliphatic carbocycles. The molecule has 0 heterocycles. The van der Waals surface area contributed by atoms with Gasteiger partial charge in [-0.1, -0.05) is 74.5 Å². The van der Waals surface area contributed by atoms with Crippen molar-refractivity contribution in [2.45, 2.75) is 45.4 Å². The van der Waals surface area contributed by atoms with Gasteiger partial charge in [-0.15, -0.1) is 0 Å². The zero-order valence-corrected chi connectivity index (χ0v) is 20.0. The van der Waals surface area contributed by atoms with Crippen LogP contribution in [0.4, 0.5) is 0 Å². The number of nitrogens with zero attached hydrogens (tertiary/aromatic N) is 1. The summed E-state index contributed by atoms with van der Waals surface area (Å²) in [5.74, 6) is -1.22. The smallest absolute Gasteiger partial charge is 0.329 e. The highest BCUT2D eigenvalue weighted by atomic mass is 31.2. The number of hydrogen-bond donors (Lipinski definition) is 1. The fraction of sp³-hybridized carbons (Fsp3) is 0.417. The second-order valence-corrected chi connectivity index (χ2v) is 10.6. The monoisotopic (exact) mass is 460 g/mol. The van der Waals surface area contributed by atoms with Gasteiger partial charge in [-0.2, -0.15) is 0 Å². The number of nitrogens with two attached hydrogens (primary N) is 1. The number of amides is 1. The Morgan fingerprint density at radius 3 is 2.03 bits per heavy atom. The number of rotatable bonds is 11. The van der Waals surface area contributed by atoms with Gasteiger partial charge in [0.1, 0.15) is 12.6 Å². The average Bonchev–Trinajstić information content (AvgIpc) is 2.77. The van der Waals surface area contributed by atoms with Crippen molar-refractivity contribution in [2.75, 3.05) is 13.8 Å². The van der Waals surface area contributed by atoms with Crippen molar-refractivity contribution in [3.63, 3.8) is 0 Å². The van der Waals surface area contributed by atoms with Crippen molar-refractivity contribution < 1.29 is 23.4 Å². The Morgan fingerprint density at radius 2 is 1.53 bits per heavy atom. The minimum Gasteiger partial charge on any atom is -0.459 e. The first-order valence-corrected chi connectivity index (χ1v) is 12.6. The minimum atomic E-state index is -3.66. The molecule has 0 aliphatic heterocycles. The summed E-state index contributed by atoms with van der Waals surface area (Å²) in [7, 11) is -2.40. The second kappa shape index (κ2) is 12.0. The highest BCUT2D eigenvalue weighted by molar-refractivity contribution is 7.56. The first-order chi connectivity index (χ1) is 15.2. The minimum absolute atomic E-state index is 0.0294. The lowest BCUT2D eigenvalue weighted by Gasteiger charge is -2.36. The molecule has 2 N–H and O–H groups in total. The molecule has 0 spiro atoms. The molecule has 0 fully saturated rings. The molecule has 32 heavy (non-hydrogen) atoms. The zero-order chi connectivity index (χ0) is 23.7. The molecule has 0 aromatic heterocycles. The number of benzene rings is 2. The third-order valence-electron chi connectivity index (χ3n) is 5.06. The molecule has 2 aromatic carbocycles. The predicted octanol–water partition coefficient (Wildman–Crippen LogP) is 4.01. The van der Waals surface area contributed by atoms with E-state index in [2.05, 4.69) is 0 Å². The number of esters is 1. The molecule has 0 aliphatic rings. The maximum atomic E-state index is 13.4. The van der Waals surface area contributed by atoms with E-state index in [-0.39, 0.29) is 25.4 Å². The fourth-order valence-electron chi connectivity index (χ4n) is 3.37. The lowest BCUT2D eigenvalue weighted by atomic mass is 10.0. The molecule has 0 bridgehead atoms. The summed E-state index contributed by atoms with van der Waals surface area (Å²) in [6.45, 7) is 5.19. The SMILES string of the molecule is COP(C)(=O)N(C(=O)[C@@H](N)Cc1ccccc1)[C@@H](CC(C)C)C(=O)OCc1ccccc1. The topological polar surface area (TPSA) is 98.9 Å². The van der Waals surface area contributed by atoms with Crippen LogP contribution in [0.1, 0.15) is 31.4 Å². The Balaban J connectivity index is 2.30. The molecule has 0 radical (unpaired) electrons. The summed E-state index contributed by atoms with van der Waals surface area (Å²) >= 11 is 0. The first kappa shape index (κ1) is 25.8. The molecule has 0 saturated carbocycles. The molecule has 8 heteroatoms. The molecule has 3 atom stereocenters. The van der Waals surface area contributed by atoms with E-state index in [1.54, 1.807) is 0 Å². The first-order valence-electron chi connectivity index (χ1n) is 10.6. The number of ether oxygens (including phenoxy) is 1. The van der Waals surface area contributed by atoms with Crippen molar-refractivity contribution in [1.82, 2.24) is 4.67 Å². The van der Waals surface area contributed by atoms with Crippen LogP contribution < -0.4 is 5.73 Å². The summed E-state index contributed by atoms with van der Waals surface area (Å²) < 4.78 is 25.0. The number of hydrogen-bond acceptors (Lipinski definition) is 6. The molecule has 1 unspecified atom stereocenters. The lowest BCUT2D eigenvalue weighted by Crippen LogP contribution is -2.51. The van der Waals surface area contributed by atoms with E-state index in [0.29, 0.717) is 0 Å². The molecular formula is C24H33N2O5P. The van der Waals surface area contributed by atoms with Crippen LogP contribution in [0.2, 0.25) is 0 Å². The van der Waals surface area contributed by atoms with Crippen molar-refractivity contribution >= 4 is 19.4 Å². The van der Waals surface area contributed by atoms with Gasteiger partial charge in [0.05, 0.1) is 6.04 Å². The van der Waals surface area contributed by atoms with Gasteiger partial charge in [0.15, 0.2) is 0 Å². The Kier molecular flexibility index (Phi) is 9.63. The van der Waals surface area contributed by atoms with Gasteiger partial charge in [0.2, 0.25) is 5.91 Å². The van der Waals surface area contributed by atoms with Crippen LogP contribution in [-0.2, 0) is 36.4 Å². The third kappa shape index (κ3) is 7.30. The van der Waals surface area contributed by atoms with Crippen molar-refractivity contribution in [3.05, 3.63) is 71.8 Å². The van der Waals surface area contributed by atoms with Gasteiger partial charge in [0, 0.05) is 13.8 Å². The van der Waals surface area contributed by atoms with Gasteiger partial charge < -0.3 is 15.0 Å². The van der Waals surface area contributed by atoms with Crippen LogP contribution >= 0.6 is 7.52 Å². The van der Waals surface area contributed by atoms with E-state index in [4.69, 9.17) is 15.0 Å². The molecule has 2 rings (SSSR count). The Bertz CT molecular complexity index is 921. The maximum Gasteiger partial charge on any atom is 0.329 e. The van der Waals surface area contributed by atoms with E-state index < -0.39 is 31.5 Å². The van der Waals surface area contributed by atoms with Crippen LogP contribution in [0.15, 0.2) is 60.7 Å². The molecular weight excluding hydrogens is 427 g/mol. The van der Waals surface area contributed by atoms with Gasteiger partial charge in [-0.25, -0.2) is 4.79 Å². The molecule has 0 saturated heterocycles. The average molecular weight is 461 g/mol. The van der Waals surface area contributed by atoms with Crippen LogP contribution in [0, 0.1) is 5.92 Å². The molecule has 7 nitrogen and oxygen atoms in total. The zero-order valence-electron chi connectivity index (χ0n) is 19.1. The molecule has 1 amide bonds. The van der Waals surface area contributed by atoms with Crippen LogP contribution in [0.3, 0.4) is 0 Å². The van der Waals surface area contributed by atoms with Gasteiger partial charge in [0.25, 0.3) is 7.52 Å². The van der Waals surface area contributed by atoms with E-state index in [1.165, 1.54) is 13.8 Å². The Hall–Kier alpha value is -2.47. The van der Waals surface area contributed by atoms with E-state index in [0.717, 1.165) is 15.8 Å². The van der Waals surface area contributed by atoms with Gasteiger partial charge in [-0.3, -0.25) is 14.0 Å². The summed E-state index contributed by atoms with van der Waals surface area (Å²) in [6, 6.07) is 16.5. The predicted molar refractivity (Wildman–Crippen MR) is 125 cm³/mol. The lowest BCUT2D eigenvalue weighted by molar-refractivity contribution is -0.154. The van der Waals surface area contributed by atoms with Crippen molar-refractivity contribution in [2.24, 2.45) is 11.7 Å². The van der Waals surface area contributed by atoms with Crippen LogP contribution in [-0.4, -0.2) is 42.4 Å². The maximum absolute atomic E-state index is 13.4. The van der Waals surface area contributed by atoms with Crippen LogP contribution in [0.5, 0.6) is 0 Å². The summed E-state index contributed by atoms with van der Waals surface area (Å²) in [5.41, 5.74) is 7.89. The van der Waals surface area contributed by atoms with Gasteiger partial charge >= 0.3 is 5.97 Å². The standard InChI is InChI=1S/C24H33N2O5P/c1-18(2)15-22(24(28)31-17-20-13-9-6-10-14-20)26(32(4,29)30-3)23(27)21(25)16-19-11-7-5-8-12-19/h5-14,18,21-22H,15-17,25H2,1-4H3/t21-,22-,32?/m0/s1. The van der Waals surface area contributed by atoms with Crippen LogP contribution in [0.25, 0.3) is 0 Å². The fourth-order valence-corrected chi connectivity index (χ4v) is 4.74. The summed E-state index contributed by atoms with van der Waals surface area (Å²) in [4.78, 5) is 26.5. The van der Waals surface area contributed by atoms with Gasteiger partial charge in [-0.05, 0) is 29.9 Å². The van der Waals surface area contributed by atoms with Crippen molar-refractivity contribution in [1.29, 1.82) is 0 Å². The molecule has 174 valence electrons. The number of carbonyl (C=O) groups excluding carboxylic acids is 2. The quantitative estimate of drug-likeness (QED) is 0.402. The van der Waals surface area contributed by atoms with E-state index in [1.807, 2.05) is 74.5 Å². The Morgan fingerprint density at radius 1 is 1.00 bits per heavy atom. The Labute approximate surface area is 190 Å². The van der Waals surface area contributed by atoms with Crippen molar-refractivity contribution in [3.8, 4) is 0 Å². The summed E-state index contributed by atoms with van der Waals surface area (Å²) in [6.07, 6.45) is 0.506. The highest BCUT2D eigenvalue weighted by Crippen LogP contribution is 2.49. The second-order valence-electron chi connectivity index (χ2n) is 8.20. The number of carbonyl (C=O) groups is 2. The largest absolute Gasteiger partial charge is 0.459 e.